The van der Waals surface area contributed by atoms with E-state index in [9.17, 15) is 0 Å². The van der Waals surface area contributed by atoms with Gasteiger partial charge in [-0.05, 0) is 33.2 Å². The Morgan fingerprint density at radius 3 is 1.65 bits per heavy atom. The zero-order chi connectivity index (χ0) is 31.5. The largest absolute Gasteiger partial charge is 1.00 e. The van der Waals surface area contributed by atoms with E-state index in [1.165, 1.54) is 70.6 Å². The second-order valence-corrected chi connectivity index (χ2v) is 19.1. The summed E-state index contributed by atoms with van der Waals surface area (Å²) < 4.78 is 0. The Labute approximate surface area is 310 Å². The topological polar surface area (TPSA) is 0 Å². The summed E-state index contributed by atoms with van der Waals surface area (Å²) >= 11 is 1.69. The van der Waals surface area contributed by atoms with E-state index in [1.54, 1.807) is 28.5 Å². The zero-order valence-corrected chi connectivity index (χ0v) is 31.9. The summed E-state index contributed by atoms with van der Waals surface area (Å²) in [5.74, 6) is 0. The second-order valence-electron chi connectivity index (χ2n) is 11.8. The van der Waals surface area contributed by atoms with Gasteiger partial charge in [0.1, 0.15) is 0 Å². The van der Waals surface area contributed by atoms with Crippen molar-refractivity contribution in [3.8, 4) is 11.1 Å². The van der Waals surface area contributed by atoms with Crippen molar-refractivity contribution in [2.75, 3.05) is 0 Å². The molecule has 0 unspecified atom stereocenters. The third-order valence-electron chi connectivity index (χ3n) is 8.79. The Morgan fingerprint density at radius 2 is 1.02 bits per heavy atom. The summed E-state index contributed by atoms with van der Waals surface area (Å²) in [6.07, 6.45) is 0. The molecule has 0 saturated carbocycles. The van der Waals surface area contributed by atoms with E-state index in [1.807, 2.05) is 0 Å². The van der Waals surface area contributed by atoms with Crippen LogP contribution in [0.2, 0.25) is 6.55 Å². The molecular weight excluding hydrogens is 719 g/mol. The molecule has 9 rings (SSSR count). The molecular formula is C44H34Cl2SiZr-2. The van der Waals surface area contributed by atoms with E-state index >= 15 is 0 Å². The summed E-state index contributed by atoms with van der Waals surface area (Å²) in [5.41, 5.74) is 3.88. The van der Waals surface area contributed by atoms with Crippen molar-refractivity contribution in [2.45, 2.75) is 13.5 Å². The number of rotatable bonds is 2. The van der Waals surface area contributed by atoms with Crippen LogP contribution in [0.1, 0.15) is 5.56 Å². The molecule has 0 aliphatic carbocycles. The minimum Gasteiger partial charge on any atom is -1.00 e. The SMILES string of the molecule is C[Si](=[Zr+2])c1ccccc1.Cc1c[cH-]c2cccc(-c3cc4ccccc4c4ccccc34)c12.[Cl-].[Cl-].c1ccc2c(c1)[cH-]c1ccccc12. The maximum atomic E-state index is 2.35. The second kappa shape index (κ2) is 16.1. The molecule has 9 aromatic rings. The molecule has 0 saturated heterocycles. The number of halogens is 2. The zero-order valence-electron chi connectivity index (χ0n) is 26.9. The Bertz CT molecular complexity index is 2420. The summed E-state index contributed by atoms with van der Waals surface area (Å²) in [7, 11) is 0. The predicted octanol–water partition coefficient (Wildman–Crippen LogP) is 5.62. The van der Waals surface area contributed by atoms with Crippen LogP contribution in [0.3, 0.4) is 0 Å². The Hall–Kier alpha value is -3.78. The van der Waals surface area contributed by atoms with Gasteiger partial charge in [-0.2, -0.15) is 11.6 Å². The molecule has 0 heterocycles. The number of hydrogen-bond donors (Lipinski definition) is 0. The summed E-state index contributed by atoms with van der Waals surface area (Å²) in [6.45, 7) is 4.55. The van der Waals surface area contributed by atoms with Crippen molar-refractivity contribution in [2.24, 2.45) is 0 Å². The fraction of sp³-hybridized carbons (Fsp3) is 0.0455. The first-order valence-electron chi connectivity index (χ1n) is 15.8. The number of hydrogen-bond acceptors (Lipinski definition) is 0. The Balaban J connectivity index is 0.000000158. The molecule has 0 N–H and O–H groups in total. The van der Waals surface area contributed by atoms with E-state index in [2.05, 4.69) is 183 Å². The maximum absolute atomic E-state index is 2.35. The van der Waals surface area contributed by atoms with Gasteiger partial charge in [-0.1, -0.05) is 103 Å². The number of aryl methyl sites for hydroxylation is 1. The van der Waals surface area contributed by atoms with Crippen molar-refractivity contribution < 1.29 is 48.1 Å². The fourth-order valence-corrected chi connectivity index (χ4v) is 8.46. The molecule has 234 valence electrons. The predicted molar refractivity (Wildman–Crippen MR) is 199 cm³/mol. The third-order valence-corrected chi connectivity index (χ3v) is 12.1. The molecule has 0 spiro atoms. The first-order valence-corrected chi connectivity index (χ1v) is 21.5. The van der Waals surface area contributed by atoms with Crippen LogP contribution in [-0.4, -0.2) is 5.43 Å². The molecule has 0 nitrogen and oxygen atoms in total. The number of fused-ring (bicyclic) bond motifs is 7. The van der Waals surface area contributed by atoms with Crippen molar-refractivity contribution >= 4 is 64.5 Å². The molecule has 0 aromatic heterocycles. The minimum absolute atomic E-state index is 0. The average Bonchev–Trinajstić information content (AvgIpc) is 3.69. The maximum Gasteiger partial charge on any atom is -0.00995 e. The van der Waals surface area contributed by atoms with E-state index < -0.39 is 0 Å². The van der Waals surface area contributed by atoms with Gasteiger partial charge < -0.3 is 24.8 Å². The Morgan fingerprint density at radius 1 is 0.500 bits per heavy atom. The molecule has 48 heavy (non-hydrogen) atoms. The summed E-state index contributed by atoms with van der Waals surface area (Å²) in [5, 5.41) is 14.9. The van der Waals surface area contributed by atoms with Crippen LogP contribution >= 0.6 is 0 Å². The minimum atomic E-state index is -0.122. The van der Waals surface area contributed by atoms with Gasteiger partial charge in [0.25, 0.3) is 0 Å². The van der Waals surface area contributed by atoms with Crippen molar-refractivity contribution in [1.29, 1.82) is 0 Å². The Kier molecular flexibility index (Phi) is 11.9. The molecule has 0 atom stereocenters. The van der Waals surface area contributed by atoms with Gasteiger partial charge >= 0.3 is 70.8 Å². The smallest absolute Gasteiger partial charge is 0.00995 e. The van der Waals surface area contributed by atoms with Crippen LogP contribution in [-0.2, 0) is 23.3 Å². The first kappa shape index (κ1) is 35.5. The van der Waals surface area contributed by atoms with Crippen LogP contribution in [0.4, 0.5) is 0 Å². The average molecular weight is 753 g/mol. The van der Waals surface area contributed by atoms with Crippen LogP contribution in [0, 0.1) is 6.92 Å². The summed E-state index contributed by atoms with van der Waals surface area (Å²) in [6, 6.07) is 60.9. The van der Waals surface area contributed by atoms with Gasteiger partial charge in [0, 0.05) is 0 Å². The standard InChI is InChI=1S/C24H17.C13H9.C7H8Si.2ClH.Zr/c1-16-13-14-17-8-6-12-22(24(16)17)23-15-18-7-2-3-9-19(18)20-10-4-5-11-21(20)23;1-3-7-12-10(5-1)9-11-6-2-4-8-13(11)12;1-8-7-5-3-2-4-6-7;;;/h2-15H,1H3;1-9H;2-6H,1H3;2*1H;/q2*-1;;;;+2/p-2. The molecule has 0 amide bonds. The molecule has 0 aliphatic heterocycles. The van der Waals surface area contributed by atoms with Crippen molar-refractivity contribution in [3.63, 3.8) is 0 Å². The summed E-state index contributed by atoms with van der Waals surface area (Å²) in [4.78, 5) is 0. The first-order chi connectivity index (χ1) is 22.6. The van der Waals surface area contributed by atoms with Gasteiger partial charge in [0.2, 0.25) is 0 Å². The van der Waals surface area contributed by atoms with Gasteiger partial charge in [0.15, 0.2) is 0 Å². The normalized spacial score (nSPS) is 10.5. The van der Waals surface area contributed by atoms with Gasteiger partial charge in [-0.15, -0.1) is 68.7 Å². The van der Waals surface area contributed by atoms with E-state index in [0.717, 1.165) is 0 Å². The van der Waals surface area contributed by atoms with E-state index in [4.69, 9.17) is 0 Å². The molecule has 0 radical (unpaired) electrons. The van der Waals surface area contributed by atoms with Crippen LogP contribution in [0.5, 0.6) is 0 Å². The fourth-order valence-electron chi connectivity index (χ4n) is 6.54. The third kappa shape index (κ3) is 7.29. The molecule has 0 aliphatic rings. The van der Waals surface area contributed by atoms with Crippen LogP contribution in [0.25, 0.3) is 65.0 Å². The molecule has 0 bridgehead atoms. The quantitative estimate of drug-likeness (QED) is 0.122. The van der Waals surface area contributed by atoms with Crippen molar-refractivity contribution in [1.82, 2.24) is 0 Å². The molecule has 9 aromatic carbocycles. The van der Waals surface area contributed by atoms with Gasteiger partial charge in [0.05, 0.1) is 0 Å². The molecule has 4 heteroatoms. The van der Waals surface area contributed by atoms with Crippen molar-refractivity contribution in [3.05, 3.63) is 175 Å². The monoisotopic (exact) mass is 750 g/mol. The van der Waals surface area contributed by atoms with E-state index in [-0.39, 0.29) is 30.2 Å². The molecule has 0 fully saturated rings. The van der Waals surface area contributed by atoms with Gasteiger partial charge in [-0.25, -0.2) is 0 Å². The van der Waals surface area contributed by atoms with Crippen LogP contribution in [0.15, 0.2) is 170 Å². The van der Waals surface area contributed by atoms with Gasteiger partial charge in [-0.3, -0.25) is 0 Å². The number of benzene rings is 7. The van der Waals surface area contributed by atoms with Crippen LogP contribution < -0.4 is 30.0 Å². The van der Waals surface area contributed by atoms with E-state index in [0.29, 0.717) is 0 Å².